The van der Waals surface area contributed by atoms with Crippen LogP contribution in [0.1, 0.15) is 64.2 Å². The average molecular weight is 575 g/mol. The van der Waals surface area contributed by atoms with Gasteiger partial charge in [-0.15, -0.1) is 0 Å². The number of hydrogen-bond donors (Lipinski definition) is 1. The SMILES string of the molecule is CCC1[C@@H]2CN(C(=O)[C@H](CC)NC(=O)O[C@@H]3C[C@H]3CCCC(F)C(F)c3nc4ccc(OC)cc4nc3O2)[C@@H]1C=O. The Morgan fingerprint density at radius 2 is 1.90 bits per heavy atom. The molecule has 8 atom stereocenters. The molecule has 1 saturated carbocycles. The van der Waals surface area contributed by atoms with Gasteiger partial charge in [-0.2, -0.15) is 0 Å². The number of benzene rings is 1. The fourth-order valence-electron chi connectivity index (χ4n) is 5.92. The van der Waals surface area contributed by atoms with E-state index in [4.69, 9.17) is 14.2 Å². The molecule has 1 saturated heterocycles. The summed E-state index contributed by atoms with van der Waals surface area (Å²) in [5, 5.41) is 2.64. The van der Waals surface area contributed by atoms with Crippen LogP contribution in [0.4, 0.5) is 13.6 Å². The van der Waals surface area contributed by atoms with Gasteiger partial charge in [0.05, 0.1) is 30.7 Å². The summed E-state index contributed by atoms with van der Waals surface area (Å²) < 4.78 is 48.0. The Balaban J connectivity index is 1.54. The van der Waals surface area contributed by atoms with Crippen LogP contribution in [0.15, 0.2) is 18.2 Å². The number of aromatic nitrogens is 2. The summed E-state index contributed by atoms with van der Waals surface area (Å²) in [6.45, 7) is 3.60. The summed E-state index contributed by atoms with van der Waals surface area (Å²) >= 11 is 0. The van der Waals surface area contributed by atoms with Crippen molar-refractivity contribution in [3.05, 3.63) is 23.9 Å². The van der Waals surface area contributed by atoms with E-state index in [1.165, 1.54) is 12.0 Å². The molecule has 0 radical (unpaired) electrons. The van der Waals surface area contributed by atoms with Crippen molar-refractivity contribution in [1.29, 1.82) is 0 Å². The molecule has 2 aliphatic heterocycles. The van der Waals surface area contributed by atoms with Crippen LogP contribution in [0.5, 0.6) is 11.6 Å². The summed E-state index contributed by atoms with van der Waals surface area (Å²) in [6.07, 6.45) is -2.77. The number of fused-ring (bicyclic) bond motifs is 5. The number of carbonyl (C=O) groups excluding carboxylic acids is 3. The molecule has 3 aliphatic rings. The third kappa shape index (κ3) is 5.92. The van der Waals surface area contributed by atoms with Gasteiger partial charge in [0.2, 0.25) is 11.8 Å². The van der Waals surface area contributed by atoms with Gasteiger partial charge in [-0.05, 0) is 50.2 Å². The number of aldehydes is 1. The maximum Gasteiger partial charge on any atom is 0.408 e. The van der Waals surface area contributed by atoms with E-state index in [-0.39, 0.29) is 43.0 Å². The summed E-state index contributed by atoms with van der Waals surface area (Å²) in [7, 11) is 1.50. The number of rotatable bonds is 4. The fourth-order valence-corrected chi connectivity index (χ4v) is 5.92. The molecule has 2 fully saturated rings. The lowest BCUT2D eigenvalue weighted by molar-refractivity contribution is -0.137. The van der Waals surface area contributed by atoms with Crippen molar-refractivity contribution in [2.24, 2.45) is 11.8 Å². The maximum absolute atomic E-state index is 15.8. The summed E-state index contributed by atoms with van der Waals surface area (Å²) in [4.78, 5) is 48.7. The smallest absolute Gasteiger partial charge is 0.408 e. The molecule has 1 aliphatic carbocycles. The highest BCUT2D eigenvalue weighted by molar-refractivity contribution is 5.88. The van der Waals surface area contributed by atoms with Crippen molar-refractivity contribution >= 4 is 29.3 Å². The molecule has 0 spiro atoms. The van der Waals surface area contributed by atoms with Crippen molar-refractivity contribution < 1.29 is 37.4 Å². The molecule has 10 nitrogen and oxygen atoms in total. The number of methoxy groups -OCH3 is 1. The Hall–Kier alpha value is -3.57. The van der Waals surface area contributed by atoms with E-state index in [1.807, 2.05) is 6.92 Å². The molecule has 5 rings (SSSR count). The molecule has 41 heavy (non-hydrogen) atoms. The first-order valence-corrected chi connectivity index (χ1v) is 14.3. The number of halogens is 2. The number of nitrogens with zero attached hydrogens (tertiary/aromatic N) is 3. The van der Waals surface area contributed by atoms with E-state index in [2.05, 4.69) is 15.3 Å². The molecule has 2 aromatic rings. The van der Waals surface area contributed by atoms with E-state index < -0.39 is 48.4 Å². The minimum atomic E-state index is -2.11. The van der Waals surface area contributed by atoms with Crippen LogP contribution in [-0.4, -0.2) is 77.3 Å². The van der Waals surface area contributed by atoms with Crippen LogP contribution in [0.2, 0.25) is 0 Å². The second kappa shape index (κ2) is 12.1. The number of alkyl carbamates (subject to hydrolysis) is 1. The molecule has 2 amide bonds. The Morgan fingerprint density at radius 1 is 1.10 bits per heavy atom. The van der Waals surface area contributed by atoms with Crippen LogP contribution in [0.3, 0.4) is 0 Å². The monoisotopic (exact) mass is 574 g/mol. The molecule has 1 aromatic heterocycles. The first-order valence-electron chi connectivity index (χ1n) is 14.3. The first kappa shape index (κ1) is 28.9. The van der Waals surface area contributed by atoms with Crippen molar-refractivity contribution in [1.82, 2.24) is 20.2 Å². The Bertz CT molecular complexity index is 1300. The first-order chi connectivity index (χ1) is 19.8. The molecule has 2 bridgehead atoms. The van der Waals surface area contributed by atoms with Gasteiger partial charge in [0, 0.05) is 12.0 Å². The predicted octanol–water partition coefficient (Wildman–Crippen LogP) is 4.25. The zero-order valence-corrected chi connectivity index (χ0v) is 23.4. The normalized spacial score (nSPS) is 32.5. The molecule has 1 N–H and O–H groups in total. The van der Waals surface area contributed by atoms with Crippen molar-refractivity contribution in [2.75, 3.05) is 13.7 Å². The Morgan fingerprint density at radius 3 is 2.61 bits per heavy atom. The third-order valence-corrected chi connectivity index (χ3v) is 8.42. The van der Waals surface area contributed by atoms with Crippen LogP contribution in [0, 0.1) is 11.8 Å². The van der Waals surface area contributed by atoms with Crippen molar-refractivity contribution in [3.63, 3.8) is 0 Å². The highest BCUT2D eigenvalue weighted by atomic mass is 19.2. The highest BCUT2D eigenvalue weighted by Gasteiger charge is 2.47. The quantitative estimate of drug-likeness (QED) is 0.539. The van der Waals surface area contributed by atoms with E-state index >= 15 is 8.78 Å². The second-order valence-electron chi connectivity index (χ2n) is 11.0. The molecule has 3 unspecified atom stereocenters. The van der Waals surface area contributed by atoms with Crippen molar-refractivity contribution in [3.8, 4) is 11.6 Å². The van der Waals surface area contributed by atoms with Gasteiger partial charge < -0.3 is 29.2 Å². The number of alkyl halides is 2. The van der Waals surface area contributed by atoms with Crippen LogP contribution in [-0.2, 0) is 14.3 Å². The Labute approximate surface area is 237 Å². The summed E-state index contributed by atoms with van der Waals surface area (Å²) in [5.41, 5.74) is 0.461. The van der Waals surface area contributed by atoms with Crippen LogP contribution < -0.4 is 14.8 Å². The van der Waals surface area contributed by atoms with Gasteiger partial charge >= 0.3 is 6.09 Å². The van der Waals surface area contributed by atoms with Gasteiger partial charge in [-0.1, -0.05) is 20.3 Å². The number of hydrogen-bond acceptors (Lipinski definition) is 8. The minimum Gasteiger partial charge on any atom is -0.497 e. The average Bonchev–Trinajstić information content (AvgIpc) is 3.61. The molecule has 3 heterocycles. The van der Waals surface area contributed by atoms with Crippen LogP contribution >= 0.6 is 0 Å². The standard InChI is InChI=1S/C29H36F2N4O6/c1-4-17-22(14-36)35-13-24(17)40-27-26(32-20-10-9-16(39-3)12-21(20)33-27)25(31)18(30)8-6-7-15-11-23(15)41-29(38)34-19(5-2)28(35)37/h9-10,12,14-15,17-19,22-25H,4-8,11,13H2,1-3H3,(H,34,38)/t15-,17?,18?,19+,22-,23-,24+,25?/m1/s1. The summed E-state index contributed by atoms with van der Waals surface area (Å²) in [6, 6.07) is 3.16. The van der Waals surface area contributed by atoms with Gasteiger partial charge in [-0.3, -0.25) is 4.79 Å². The van der Waals surface area contributed by atoms with Gasteiger partial charge in [0.15, 0.2) is 6.17 Å². The maximum atomic E-state index is 15.8. The topological polar surface area (TPSA) is 120 Å². The van der Waals surface area contributed by atoms with Gasteiger partial charge in [0.25, 0.3) is 0 Å². The molecule has 222 valence electrons. The molecular formula is C29H36F2N4O6. The van der Waals surface area contributed by atoms with E-state index in [0.717, 1.165) is 0 Å². The fraction of sp³-hybridized carbons (Fsp3) is 0.621. The number of carbonyl (C=O) groups is 3. The number of nitrogens with one attached hydrogen (secondary N) is 1. The number of amides is 2. The molecule has 1 aromatic carbocycles. The third-order valence-electron chi connectivity index (χ3n) is 8.42. The van der Waals surface area contributed by atoms with Crippen LogP contribution in [0.25, 0.3) is 11.0 Å². The van der Waals surface area contributed by atoms with E-state index in [9.17, 15) is 14.4 Å². The lowest BCUT2D eigenvalue weighted by Gasteiger charge is -2.27. The predicted molar refractivity (Wildman–Crippen MR) is 144 cm³/mol. The molecule has 12 heteroatoms. The molecular weight excluding hydrogens is 538 g/mol. The number of ether oxygens (including phenoxy) is 3. The Kier molecular flexibility index (Phi) is 8.55. The van der Waals surface area contributed by atoms with E-state index in [1.54, 1.807) is 25.1 Å². The van der Waals surface area contributed by atoms with Gasteiger partial charge in [-0.25, -0.2) is 23.5 Å². The summed E-state index contributed by atoms with van der Waals surface area (Å²) in [5.74, 6) is -0.516. The zero-order chi connectivity index (χ0) is 29.3. The largest absolute Gasteiger partial charge is 0.497 e. The zero-order valence-electron chi connectivity index (χ0n) is 23.4. The van der Waals surface area contributed by atoms with Crippen molar-refractivity contribution in [2.45, 2.75) is 89.0 Å². The lowest BCUT2D eigenvalue weighted by Crippen LogP contribution is -2.51. The van der Waals surface area contributed by atoms with E-state index in [0.29, 0.717) is 48.8 Å². The lowest BCUT2D eigenvalue weighted by atomic mass is 9.96. The highest BCUT2D eigenvalue weighted by Crippen LogP contribution is 2.40. The minimum absolute atomic E-state index is 0.00799. The second-order valence-corrected chi connectivity index (χ2v) is 11.0. The van der Waals surface area contributed by atoms with Gasteiger partial charge in [0.1, 0.15) is 42.2 Å².